The average molecular weight is 278 g/mol. The van der Waals surface area contributed by atoms with Gasteiger partial charge in [0.25, 0.3) is 0 Å². The monoisotopic (exact) mass is 278 g/mol. The number of aromatic hydroxyl groups is 1. The van der Waals surface area contributed by atoms with Gasteiger partial charge in [-0.05, 0) is 36.4 Å². The van der Waals surface area contributed by atoms with E-state index in [1.54, 1.807) is 6.07 Å². The van der Waals surface area contributed by atoms with E-state index in [2.05, 4.69) is 9.97 Å². The molecule has 21 heavy (non-hydrogen) atoms. The fraction of sp³-hybridized carbons (Fsp3) is 0. The molecule has 0 aliphatic carbocycles. The van der Waals surface area contributed by atoms with E-state index in [1.807, 2.05) is 30.3 Å². The van der Waals surface area contributed by atoms with Gasteiger partial charge in [-0.2, -0.15) is 0 Å². The first kappa shape index (κ1) is 11.9. The number of fused-ring (bicyclic) bond motifs is 3. The highest BCUT2D eigenvalue weighted by atomic mass is 19.1. The van der Waals surface area contributed by atoms with E-state index in [4.69, 9.17) is 0 Å². The Labute approximate surface area is 119 Å². The first-order valence-electron chi connectivity index (χ1n) is 6.59. The van der Waals surface area contributed by atoms with Crippen LogP contribution < -0.4 is 0 Å². The van der Waals surface area contributed by atoms with E-state index in [0.29, 0.717) is 11.3 Å². The molecule has 0 amide bonds. The van der Waals surface area contributed by atoms with Gasteiger partial charge in [0.2, 0.25) is 0 Å². The third kappa shape index (κ3) is 1.84. The lowest BCUT2D eigenvalue weighted by atomic mass is 10.1. The number of halogens is 1. The summed E-state index contributed by atoms with van der Waals surface area (Å²) in [4.78, 5) is 7.74. The van der Waals surface area contributed by atoms with E-state index >= 15 is 0 Å². The minimum absolute atomic E-state index is 0.0133. The number of phenols is 1. The van der Waals surface area contributed by atoms with E-state index in [1.165, 1.54) is 18.2 Å². The normalized spacial score (nSPS) is 11.3. The third-order valence-corrected chi connectivity index (χ3v) is 3.60. The lowest BCUT2D eigenvalue weighted by Crippen LogP contribution is -1.86. The molecule has 0 aliphatic rings. The van der Waals surface area contributed by atoms with Crippen LogP contribution in [0.1, 0.15) is 0 Å². The molecule has 0 radical (unpaired) electrons. The molecular weight excluding hydrogens is 267 g/mol. The van der Waals surface area contributed by atoms with Gasteiger partial charge in [-0.3, -0.25) is 0 Å². The Bertz CT molecular complexity index is 975. The van der Waals surface area contributed by atoms with Gasteiger partial charge in [-0.15, -0.1) is 0 Å². The number of hydrogen-bond donors (Lipinski definition) is 2. The van der Waals surface area contributed by atoms with Crippen LogP contribution in [0, 0.1) is 5.82 Å². The summed E-state index contributed by atoms with van der Waals surface area (Å²) in [7, 11) is 0. The lowest BCUT2D eigenvalue weighted by Gasteiger charge is -2.04. The van der Waals surface area contributed by atoms with Crippen LogP contribution in [-0.2, 0) is 0 Å². The van der Waals surface area contributed by atoms with Crippen LogP contribution >= 0.6 is 0 Å². The van der Waals surface area contributed by atoms with Crippen molar-refractivity contribution in [1.29, 1.82) is 0 Å². The molecule has 2 aromatic heterocycles. The quantitative estimate of drug-likeness (QED) is 0.547. The first-order valence-corrected chi connectivity index (χ1v) is 6.59. The molecule has 4 aromatic rings. The number of aromatic amines is 1. The van der Waals surface area contributed by atoms with Crippen molar-refractivity contribution in [2.24, 2.45) is 0 Å². The van der Waals surface area contributed by atoms with Crippen LogP contribution in [0.3, 0.4) is 0 Å². The van der Waals surface area contributed by atoms with Crippen molar-refractivity contribution >= 4 is 21.9 Å². The van der Waals surface area contributed by atoms with Crippen molar-refractivity contribution in [1.82, 2.24) is 9.97 Å². The predicted octanol–water partition coefficient (Wildman–Crippen LogP) is 4.23. The van der Waals surface area contributed by atoms with Gasteiger partial charge < -0.3 is 10.1 Å². The molecular formula is C17H11FN2O. The fourth-order valence-electron chi connectivity index (χ4n) is 2.59. The number of para-hydroxylation sites is 1. The van der Waals surface area contributed by atoms with Gasteiger partial charge in [0.05, 0.1) is 5.69 Å². The zero-order chi connectivity index (χ0) is 14.4. The Kier molecular flexibility index (Phi) is 2.44. The number of rotatable bonds is 1. The van der Waals surface area contributed by atoms with Crippen LogP contribution in [0.25, 0.3) is 33.2 Å². The molecule has 2 N–H and O–H groups in total. The summed E-state index contributed by atoms with van der Waals surface area (Å²) in [6.07, 6.45) is 0. The number of aromatic nitrogens is 2. The van der Waals surface area contributed by atoms with Gasteiger partial charge in [-0.25, -0.2) is 9.37 Å². The summed E-state index contributed by atoms with van der Waals surface area (Å²) in [6, 6.07) is 15.5. The summed E-state index contributed by atoms with van der Waals surface area (Å²) in [6.45, 7) is 0. The third-order valence-electron chi connectivity index (χ3n) is 3.60. The van der Waals surface area contributed by atoms with Crippen LogP contribution in [0.4, 0.5) is 4.39 Å². The zero-order valence-corrected chi connectivity index (χ0v) is 11.0. The van der Waals surface area contributed by atoms with Crippen LogP contribution in [0.2, 0.25) is 0 Å². The number of hydrogen-bond acceptors (Lipinski definition) is 2. The highest BCUT2D eigenvalue weighted by molar-refractivity contribution is 6.06. The molecule has 4 rings (SSSR count). The maximum Gasteiger partial charge on any atom is 0.139 e. The van der Waals surface area contributed by atoms with E-state index in [9.17, 15) is 9.50 Å². The molecule has 0 fully saturated rings. The number of nitrogens with zero attached hydrogens (tertiary/aromatic N) is 1. The second-order valence-corrected chi connectivity index (χ2v) is 4.92. The number of H-pyrrole nitrogens is 1. The van der Waals surface area contributed by atoms with Crippen molar-refractivity contribution in [2.45, 2.75) is 0 Å². The maximum atomic E-state index is 13.4. The Morgan fingerprint density at radius 2 is 1.81 bits per heavy atom. The summed E-state index contributed by atoms with van der Waals surface area (Å²) in [5, 5.41) is 12.0. The van der Waals surface area contributed by atoms with Crippen molar-refractivity contribution in [3.63, 3.8) is 0 Å². The first-order chi connectivity index (χ1) is 10.2. The maximum absolute atomic E-state index is 13.4. The zero-order valence-electron chi connectivity index (χ0n) is 11.0. The van der Waals surface area contributed by atoms with Crippen LogP contribution in [0.15, 0.2) is 54.6 Å². The summed E-state index contributed by atoms with van der Waals surface area (Å²) in [5.41, 5.74) is 2.64. The molecule has 0 aliphatic heterocycles. The topological polar surface area (TPSA) is 48.9 Å². The Morgan fingerprint density at radius 1 is 0.952 bits per heavy atom. The highest BCUT2D eigenvalue weighted by Gasteiger charge is 2.10. The molecule has 0 saturated carbocycles. The van der Waals surface area contributed by atoms with E-state index in [-0.39, 0.29) is 5.75 Å². The smallest absolute Gasteiger partial charge is 0.139 e. The van der Waals surface area contributed by atoms with Gasteiger partial charge in [0.1, 0.15) is 17.2 Å². The Hall–Kier alpha value is -2.88. The largest absolute Gasteiger partial charge is 0.507 e. The van der Waals surface area contributed by atoms with E-state index < -0.39 is 5.82 Å². The molecule has 0 atom stereocenters. The number of nitrogens with one attached hydrogen (secondary N) is 1. The second kappa shape index (κ2) is 4.31. The van der Waals surface area contributed by atoms with Crippen molar-refractivity contribution in [2.75, 3.05) is 0 Å². The second-order valence-electron chi connectivity index (χ2n) is 4.92. The Balaban J connectivity index is 1.98. The van der Waals surface area contributed by atoms with Gasteiger partial charge in [-0.1, -0.05) is 18.2 Å². The SMILES string of the molecule is Oc1ccc(F)cc1-c1ccc2c(n1)[nH]c1ccccc12. The summed E-state index contributed by atoms with van der Waals surface area (Å²) in [5.74, 6) is -0.388. The lowest BCUT2D eigenvalue weighted by molar-refractivity contribution is 0.475. The predicted molar refractivity (Wildman–Crippen MR) is 80.7 cm³/mol. The minimum Gasteiger partial charge on any atom is -0.507 e. The number of phenolic OH excluding ortho intramolecular Hbond substituents is 1. The average Bonchev–Trinajstić information content (AvgIpc) is 2.87. The molecule has 3 nitrogen and oxygen atoms in total. The van der Waals surface area contributed by atoms with Gasteiger partial charge in [0.15, 0.2) is 0 Å². The molecule has 0 unspecified atom stereocenters. The summed E-state index contributed by atoms with van der Waals surface area (Å²) < 4.78 is 13.4. The minimum atomic E-state index is -0.402. The summed E-state index contributed by atoms with van der Waals surface area (Å²) >= 11 is 0. The van der Waals surface area contributed by atoms with Gasteiger partial charge in [0, 0.05) is 21.9 Å². The van der Waals surface area contributed by atoms with Crippen molar-refractivity contribution in [3.8, 4) is 17.0 Å². The standard InChI is InChI=1S/C17H11FN2O/c18-10-5-8-16(21)13(9-10)15-7-6-12-11-3-1-2-4-14(11)19-17(12)20-15/h1-9,21H,(H,19,20). The molecule has 2 heterocycles. The van der Waals surface area contributed by atoms with Crippen molar-refractivity contribution < 1.29 is 9.50 Å². The molecule has 0 saturated heterocycles. The molecule has 4 heteroatoms. The van der Waals surface area contributed by atoms with Crippen LogP contribution in [0.5, 0.6) is 5.75 Å². The van der Waals surface area contributed by atoms with E-state index in [0.717, 1.165) is 21.9 Å². The van der Waals surface area contributed by atoms with Crippen molar-refractivity contribution in [3.05, 3.63) is 60.4 Å². The fourth-order valence-corrected chi connectivity index (χ4v) is 2.59. The molecule has 0 bridgehead atoms. The number of benzene rings is 2. The highest BCUT2D eigenvalue weighted by Crippen LogP contribution is 2.31. The molecule has 0 spiro atoms. The Morgan fingerprint density at radius 3 is 2.71 bits per heavy atom. The van der Waals surface area contributed by atoms with Gasteiger partial charge >= 0.3 is 0 Å². The number of pyridine rings is 1. The molecule has 102 valence electrons. The van der Waals surface area contributed by atoms with Crippen LogP contribution in [-0.4, -0.2) is 15.1 Å². The molecule has 2 aromatic carbocycles.